The van der Waals surface area contributed by atoms with E-state index in [0.29, 0.717) is 21.8 Å². The third-order valence-electron chi connectivity index (χ3n) is 3.87. The number of ether oxygens (including phenoxy) is 1. The van der Waals surface area contributed by atoms with Crippen molar-refractivity contribution in [3.63, 3.8) is 0 Å². The van der Waals surface area contributed by atoms with Crippen molar-refractivity contribution in [3.05, 3.63) is 57.5 Å². The van der Waals surface area contributed by atoms with E-state index in [2.05, 4.69) is 16.9 Å². The molecule has 6 nitrogen and oxygen atoms in total. The minimum Gasteiger partial charge on any atom is -0.484 e. The maximum absolute atomic E-state index is 12.2. The number of carbonyl (C=O) groups is 1. The topological polar surface area (TPSA) is 75.3 Å². The molecular weight excluding hydrogens is 338 g/mol. The van der Waals surface area contributed by atoms with Gasteiger partial charge in [-0.1, -0.05) is 19.1 Å². The van der Waals surface area contributed by atoms with E-state index in [9.17, 15) is 9.59 Å². The third-order valence-corrected chi connectivity index (χ3v) is 4.77. The van der Waals surface area contributed by atoms with Crippen molar-refractivity contribution in [1.29, 1.82) is 0 Å². The Bertz CT molecular complexity index is 931. The van der Waals surface area contributed by atoms with E-state index in [1.807, 2.05) is 29.6 Å². The van der Waals surface area contributed by atoms with Crippen molar-refractivity contribution in [1.82, 2.24) is 14.9 Å². The lowest BCUT2D eigenvalue weighted by atomic mass is 10.2. The van der Waals surface area contributed by atoms with Crippen LogP contribution in [-0.4, -0.2) is 34.4 Å². The fourth-order valence-corrected chi connectivity index (χ4v) is 3.11. The Hall–Kier alpha value is -2.67. The first-order valence-electron chi connectivity index (χ1n) is 7.99. The number of thiophene rings is 1. The number of hydrogen-bond donors (Lipinski definition) is 1. The van der Waals surface area contributed by atoms with Crippen LogP contribution < -0.4 is 10.3 Å². The largest absolute Gasteiger partial charge is 0.484 e. The number of carbonyl (C=O) groups excluding carboxylic acids is 1. The Labute approximate surface area is 149 Å². The van der Waals surface area contributed by atoms with Gasteiger partial charge in [0.1, 0.15) is 16.3 Å². The zero-order chi connectivity index (χ0) is 17.8. The van der Waals surface area contributed by atoms with Crippen molar-refractivity contribution < 1.29 is 9.53 Å². The van der Waals surface area contributed by atoms with E-state index in [1.54, 1.807) is 13.1 Å². The summed E-state index contributed by atoms with van der Waals surface area (Å²) in [6.45, 7) is 2.24. The number of fused-ring (bicyclic) bond motifs is 1. The fourth-order valence-electron chi connectivity index (χ4n) is 2.39. The average Bonchev–Trinajstić information content (AvgIpc) is 3.09. The summed E-state index contributed by atoms with van der Waals surface area (Å²) in [6, 6.07) is 9.47. The van der Waals surface area contributed by atoms with Gasteiger partial charge in [0.2, 0.25) is 0 Å². The molecule has 3 aromatic rings. The molecule has 0 spiro atoms. The van der Waals surface area contributed by atoms with E-state index in [0.717, 1.165) is 6.42 Å². The Morgan fingerprint density at radius 3 is 2.76 bits per heavy atom. The lowest BCUT2D eigenvalue weighted by molar-refractivity contribution is -0.132. The van der Waals surface area contributed by atoms with Gasteiger partial charge in [-0.15, -0.1) is 11.3 Å². The van der Waals surface area contributed by atoms with Crippen molar-refractivity contribution in [2.75, 3.05) is 13.7 Å². The zero-order valence-electron chi connectivity index (χ0n) is 14.1. The molecule has 0 unspecified atom stereocenters. The minimum absolute atomic E-state index is 0.0626. The molecule has 0 aliphatic carbocycles. The summed E-state index contributed by atoms with van der Waals surface area (Å²) >= 11 is 1.35. The number of nitrogens with zero attached hydrogens (tertiary/aromatic N) is 2. The molecule has 0 saturated heterocycles. The smallest absolute Gasteiger partial charge is 0.268 e. The molecule has 1 aromatic carbocycles. The van der Waals surface area contributed by atoms with Gasteiger partial charge in [-0.2, -0.15) is 0 Å². The number of rotatable bonds is 6. The number of likely N-dealkylation sites (N-methyl/N-ethyl adjacent to an activating group) is 1. The lowest BCUT2D eigenvalue weighted by Gasteiger charge is -2.17. The maximum atomic E-state index is 12.2. The molecule has 130 valence electrons. The molecule has 3 rings (SSSR count). The molecule has 25 heavy (non-hydrogen) atoms. The van der Waals surface area contributed by atoms with Crippen molar-refractivity contribution in [2.45, 2.75) is 19.9 Å². The van der Waals surface area contributed by atoms with Crippen LogP contribution in [0, 0.1) is 0 Å². The second-order valence-corrected chi connectivity index (χ2v) is 6.60. The van der Waals surface area contributed by atoms with Crippen LogP contribution in [0.15, 0.2) is 40.5 Å². The first-order chi connectivity index (χ1) is 12.1. The zero-order valence-corrected chi connectivity index (χ0v) is 14.9. The van der Waals surface area contributed by atoms with Gasteiger partial charge in [0.15, 0.2) is 6.61 Å². The van der Waals surface area contributed by atoms with Crippen LogP contribution in [0.2, 0.25) is 0 Å². The van der Waals surface area contributed by atoms with E-state index < -0.39 is 0 Å². The summed E-state index contributed by atoms with van der Waals surface area (Å²) in [5.74, 6) is 0.928. The molecule has 0 atom stereocenters. The molecule has 1 amide bonds. The van der Waals surface area contributed by atoms with Crippen LogP contribution >= 0.6 is 11.3 Å². The highest BCUT2D eigenvalue weighted by atomic mass is 32.1. The minimum atomic E-state index is -0.187. The SMILES string of the molecule is CCc1ccc(OCC(=O)N(C)Cc2nc3ccsc3c(=O)[nH]2)cc1. The number of hydrogen-bond acceptors (Lipinski definition) is 5. The highest BCUT2D eigenvalue weighted by Gasteiger charge is 2.13. The van der Waals surface area contributed by atoms with Gasteiger partial charge in [0.25, 0.3) is 11.5 Å². The second kappa shape index (κ2) is 7.48. The third kappa shape index (κ3) is 4.06. The van der Waals surface area contributed by atoms with E-state index in [1.165, 1.54) is 21.8 Å². The predicted molar refractivity (Wildman–Crippen MR) is 98.0 cm³/mol. The van der Waals surface area contributed by atoms with Gasteiger partial charge in [-0.05, 0) is 35.6 Å². The molecule has 2 aromatic heterocycles. The Morgan fingerprint density at radius 1 is 1.28 bits per heavy atom. The Kier molecular flexibility index (Phi) is 5.14. The number of aryl methyl sites for hydroxylation is 1. The van der Waals surface area contributed by atoms with Crippen LogP contribution in [-0.2, 0) is 17.8 Å². The molecule has 0 aliphatic heterocycles. The lowest BCUT2D eigenvalue weighted by Crippen LogP contribution is -2.32. The number of benzene rings is 1. The molecule has 1 N–H and O–H groups in total. The predicted octanol–water partition coefficient (Wildman–Crippen LogP) is 2.58. The molecule has 0 fully saturated rings. The summed E-state index contributed by atoms with van der Waals surface area (Å²) in [6.07, 6.45) is 0.960. The van der Waals surface area contributed by atoms with Gasteiger partial charge < -0.3 is 14.6 Å². The van der Waals surface area contributed by atoms with Crippen molar-refractivity contribution in [3.8, 4) is 5.75 Å². The number of aromatic amines is 1. The summed E-state index contributed by atoms with van der Waals surface area (Å²) in [7, 11) is 1.66. The van der Waals surface area contributed by atoms with Crippen molar-refractivity contribution >= 4 is 27.5 Å². The first kappa shape index (κ1) is 17.2. The number of amides is 1. The van der Waals surface area contributed by atoms with E-state index in [4.69, 9.17) is 4.74 Å². The van der Waals surface area contributed by atoms with Crippen LogP contribution in [0.25, 0.3) is 10.2 Å². The first-order valence-corrected chi connectivity index (χ1v) is 8.87. The molecule has 0 radical (unpaired) electrons. The van der Waals surface area contributed by atoms with Gasteiger partial charge in [-0.25, -0.2) is 4.98 Å². The summed E-state index contributed by atoms with van der Waals surface area (Å²) < 4.78 is 6.12. The number of nitrogens with one attached hydrogen (secondary N) is 1. The van der Waals surface area contributed by atoms with E-state index in [-0.39, 0.29) is 24.6 Å². The van der Waals surface area contributed by atoms with Gasteiger partial charge in [0, 0.05) is 7.05 Å². The van der Waals surface area contributed by atoms with E-state index >= 15 is 0 Å². The normalized spacial score (nSPS) is 10.8. The van der Waals surface area contributed by atoms with Gasteiger partial charge in [-0.3, -0.25) is 9.59 Å². The molecule has 0 bridgehead atoms. The molecule has 0 saturated carbocycles. The van der Waals surface area contributed by atoms with Crippen LogP contribution in [0.3, 0.4) is 0 Å². The van der Waals surface area contributed by atoms with Crippen LogP contribution in [0.4, 0.5) is 0 Å². The van der Waals surface area contributed by atoms with Crippen LogP contribution in [0.5, 0.6) is 5.75 Å². The Morgan fingerprint density at radius 2 is 2.04 bits per heavy atom. The van der Waals surface area contributed by atoms with Crippen LogP contribution in [0.1, 0.15) is 18.3 Å². The highest BCUT2D eigenvalue weighted by Crippen LogP contribution is 2.14. The molecule has 7 heteroatoms. The maximum Gasteiger partial charge on any atom is 0.268 e. The fraction of sp³-hybridized carbons (Fsp3) is 0.278. The number of H-pyrrole nitrogens is 1. The molecule has 0 aliphatic rings. The monoisotopic (exact) mass is 357 g/mol. The molecular formula is C18H19N3O3S. The van der Waals surface area contributed by atoms with Gasteiger partial charge >= 0.3 is 0 Å². The average molecular weight is 357 g/mol. The highest BCUT2D eigenvalue weighted by molar-refractivity contribution is 7.17. The quantitative estimate of drug-likeness (QED) is 0.736. The van der Waals surface area contributed by atoms with Gasteiger partial charge in [0.05, 0.1) is 12.1 Å². The molecule has 2 heterocycles. The summed E-state index contributed by atoms with van der Waals surface area (Å²) in [4.78, 5) is 32.8. The summed E-state index contributed by atoms with van der Waals surface area (Å²) in [5, 5.41) is 1.82. The second-order valence-electron chi connectivity index (χ2n) is 5.68. The Balaban J connectivity index is 1.60. The standard InChI is InChI=1S/C18H19N3O3S/c1-3-12-4-6-13(7-5-12)24-11-16(22)21(2)10-15-19-14-8-9-25-17(14)18(23)20-15/h4-9H,3,10-11H2,1-2H3,(H,19,20,23). The van der Waals surface area contributed by atoms with Crippen molar-refractivity contribution in [2.24, 2.45) is 0 Å². The number of aromatic nitrogens is 2. The summed E-state index contributed by atoms with van der Waals surface area (Å²) in [5.41, 5.74) is 1.69.